The number of carbonyl (C=O) groups is 1. The first-order valence-electron chi connectivity index (χ1n) is 7.67. The highest BCUT2D eigenvalue weighted by molar-refractivity contribution is 7.99. The third-order valence-electron chi connectivity index (χ3n) is 4.03. The van der Waals surface area contributed by atoms with E-state index in [4.69, 9.17) is 0 Å². The second-order valence-corrected chi connectivity index (χ2v) is 6.94. The van der Waals surface area contributed by atoms with E-state index in [2.05, 4.69) is 17.1 Å². The molecule has 130 valence electrons. The molecule has 0 aromatic carbocycles. The van der Waals surface area contributed by atoms with Crippen LogP contribution in [0.3, 0.4) is 0 Å². The lowest BCUT2D eigenvalue weighted by molar-refractivity contribution is -0.138. The fourth-order valence-corrected chi connectivity index (χ4v) is 3.59. The molecule has 1 unspecified atom stereocenters. The molecule has 5 nitrogen and oxygen atoms in total. The number of carbonyl (C=O) groups excluding carboxylic acids is 1. The van der Waals surface area contributed by atoms with Gasteiger partial charge in [-0.1, -0.05) is 18.7 Å². The summed E-state index contributed by atoms with van der Waals surface area (Å²) in [7, 11) is 0. The zero-order valence-electron chi connectivity index (χ0n) is 13.1. The Morgan fingerprint density at radius 1 is 1.38 bits per heavy atom. The average Bonchev–Trinajstić information content (AvgIpc) is 2.94. The molecule has 1 aliphatic rings. The molecule has 1 atom stereocenters. The standard InChI is InChI=1S/C15H17F3N4OS/c1-10-3-2-6-21(7-10)13(23)9-24-14-20-19-12-5-4-11(8-22(12)14)15(16,17)18/h4-5,8,10H,2-3,6-7,9H2,1H3. The van der Waals surface area contributed by atoms with Crippen molar-refractivity contribution in [3.05, 3.63) is 23.9 Å². The number of rotatable bonds is 3. The van der Waals surface area contributed by atoms with Crippen molar-refractivity contribution in [3.8, 4) is 0 Å². The van der Waals surface area contributed by atoms with Gasteiger partial charge in [0.2, 0.25) is 5.91 Å². The van der Waals surface area contributed by atoms with Crippen LogP contribution in [-0.4, -0.2) is 44.2 Å². The van der Waals surface area contributed by atoms with Crippen LogP contribution in [0.15, 0.2) is 23.5 Å². The zero-order valence-corrected chi connectivity index (χ0v) is 13.9. The number of nitrogens with zero attached hydrogens (tertiary/aromatic N) is 4. The normalized spacial score (nSPS) is 19.0. The van der Waals surface area contributed by atoms with Crippen LogP contribution in [0.4, 0.5) is 13.2 Å². The summed E-state index contributed by atoms with van der Waals surface area (Å²) in [6.45, 7) is 3.58. The number of alkyl halides is 3. The second kappa shape index (κ2) is 6.62. The lowest BCUT2D eigenvalue weighted by Crippen LogP contribution is -2.40. The average molecular weight is 358 g/mol. The first-order valence-corrected chi connectivity index (χ1v) is 8.65. The van der Waals surface area contributed by atoms with Gasteiger partial charge in [0.05, 0.1) is 11.3 Å². The highest BCUT2D eigenvalue weighted by atomic mass is 32.2. The van der Waals surface area contributed by atoms with E-state index in [9.17, 15) is 18.0 Å². The van der Waals surface area contributed by atoms with E-state index in [1.54, 1.807) is 0 Å². The van der Waals surface area contributed by atoms with Crippen LogP contribution in [0.1, 0.15) is 25.3 Å². The molecule has 1 saturated heterocycles. The summed E-state index contributed by atoms with van der Waals surface area (Å²) in [5.41, 5.74) is -0.447. The van der Waals surface area contributed by atoms with Crippen LogP contribution in [-0.2, 0) is 11.0 Å². The van der Waals surface area contributed by atoms with Gasteiger partial charge < -0.3 is 4.90 Å². The summed E-state index contributed by atoms with van der Waals surface area (Å²) in [6, 6.07) is 2.24. The van der Waals surface area contributed by atoms with Crippen molar-refractivity contribution < 1.29 is 18.0 Å². The van der Waals surface area contributed by atoms with Crippen LogP contribution < -0.4 is 0 Å². The molecule has 2 aromatic heterocycles. The number of thioether (sulfide) groups is 1. The van der Waals surface area contributed by atoms with Crippen molar-refractivity contribution >= 4 is 23.3 Å². The lowest BCUT2D eigenvalue weighted by Gasteiger charge is -2.30. The number of hydrogen-bond acceptors (Lipinski definition) is 4. The summed E-state index contributed by atoms with van der Waals surface area (Å²) in [5.74, 6) is 0.607. The van der Waals surface area contributed by atoms with Crippen LogP contribution in [0.5, 0.6) is 0 Å². The number of piperidine rings is 1. The summed E-state index contributed by atoms with van der Waals surface area (Å²) < 4.78 is 39.8. The molecule has 0 spiro atoms. The van der Waals surface area contributed by atoms with E-state index in [0.717, 1.165) is 50.0 Å². The Morgan fingerprint density at radius 3 is 2.88 bits per heavy atom. The molecule has 2 aromatic rings. The highest BCUT2D eigenvalue weighted by Crippen LogP contribution is 2.30. The topological polar surface area (TPSA) is 50.5 Å². The highest BCUT2D eigenvalue weighted by Gasteiger charge is 2.31. The molecule has 0 bridgehead atoms. The van der Waals surface area contributed by atoms with Crippen molar-refractivity contribution in [2.24, 2.45) is 5.92 Å². The molecule has 9 heteroatoms. The molecule has 0 aliphatic carbocycles. The van der Waals surface area contributed by atoms with Crippen molar-refractivity contribution in [2.75, 3.05) is 18.8 Å². The first kappa shape index (κ1) is 17.1. The van der Waals surface area contributed by atoms with Gasteiger partial charge in [-0.25, -0.2) is 0 Å². The molecule has 24 heavy (non-hydrogen) atoms. The SMILES string of the molecule is CC1CCCN(C(=O)CSc2nnc3ccc(C(F)(F)F)cn23)C1. The summed E-state index contributed by atoms with van der Waals surface area (Å²) in [5, 5.41) is 8.02. The third kappa shape index (κ3) is 3.66. The summed E-state index contributed by atoms with van der Waals surface area (Å²) in [4.78, 5) is 14.1. The van der Waals surface area contributed by atoms with E-state index in [1.165, 1.54) is 10.5 Å². The minimum atomic E-state index is -4.43. The smallest absolute Gasteiger partial charge is 0.342 e. The molecule has 1 amide bonds. The van der Waals surface area contributed by atoms with E-state index in [-0.39, 0.29) is 16.8 Å². The largest absolute Gasteiger partial charge is 0.417 e. The number of halogens is 3. The minimum Gasteiger partial charge on any atom is -0.342 e. The fraction of sp³-hybridized carbons (Fsp3) is 0.533. The van der Waals surface area contributed by atoms with Crippen LogP contribution in [0.25, 0.3) is 5.65 Å². The second-order valence-electron chi connectivity index (χ2n) is 6.00. The van der Waals surface area contributed by atoms with Gasteiger partial charge in [-0.2, -0.15) is 13.2 Å². The molecule has 0 radical (unpaired) electrons. The van der Waals surface area contributed by atoms with Crippen molar-refractivity contribution in [3.63, 3.8) is 0 Å². The molecule has 0 N–H and O–H groups in total. The number of hydrogen-bond donors (Lipinski definition) is 0. The molecule has 3 heterocycles. The molecule has 1 fully saturated rings. The van der Waals surface area contributed by atoms with Crippen molar-refractivity contribution in [1.82, 2.24) is 19.5 Å². The minimum absolute atomic E-state index is 0.0183. The molecule has 3 rings (SSSR count). The summed E-state index contributed by atoms with van der Waals surface area (Å²) >= 11 is 1.11. The predicted octanol–water partition coefficient (Wildman–Crippen LogP) is 3.10. The number of likely N-dealkylation sites (tertiary alicyclic amines) is 1. The van der Waals surface area contributed by atoms with Crippen LogP contribution >= 0.6 is 11.8 Å². The van der Waals surface area contributed by atoms with Gasteiger partial charge in [-0.3, -0.25) is 9.20 Å². The van der Waals surface area contributed by atoms with E-state index in [0.29, 0.717) is 11.6 Å². The maximum atomic E-state index is 12.8. The van der Waals surface area contributed by atoms with Gasteiger partial charge in [0.25, 0.3) is 0 Å². The number of amides is 1. The molecule has 1 aliphatic heterocycles. The number of pyridine rings is 1. The zero-order chi connectivity index (χ0) is 17.3. The third-order valence-corrected chi connectivity index (χ3v) is 4.96. The fourth-order valence-electron chi connectivity index (χ4n) is 2.77. The van der Waals surface area contributed by atoms with Crippen molar-refractivity contribution in [1.29, 1.82) is 0 Å². The van der Waals surface area contributed by atoms with Gasteiger partial charge in [-0.05, 0) is 30.9 Å². The number of aromatic nitrogens is 3. The number of fused-ring (bicyclic) bond motifs is 1. The van der Waals surface area contributed by atoms with Gasteiger partial charge in [0.15, 0.2) is 10.8 Å². The first-order chi connectivity index (χ1) is 11.3. The van der Waals surface area contributed by atoms with Crippen LogP contribution in [0.2, 0.25) is 0 Å². The van der Waals surface area contributed by atoms with Gasteiger partial charge >= 0.3 is 6.18 Å². The van der Waals surface area contributed by atoms with Gasteiger partial charge in [-0.15, -0.1) is 10.2 Å². The Balaban J connectivity index is 1.72. The monoisotopic (exact) mass is 358 g/mol. The Hall–Kier alpha value is -1.77. The molecular weight excluding hydrogens is 341 g/mol. The Kier molecular flexibility index (Phi) is 4.71. The van der Waals surface area contributed by atoms with Crippen LogP contribution in [0, 0.1) is 5.92 Å². The van der Waals surface area contributed by atoms with E-state index >= 15 is 0 Å². The lowest BCUT2D eigenvalue weighted by atomic mass is 10.0. The van der Waals surface area contributed by atoms with Gasteiger partial charge in [0, 0.05) is 19.3 Å². The predicted molar refractivity (Wildman–Crippen MR) is 83.7 cm³/mol. The maximum absolute atomic E-state index is 12.8. The Morgan fingerprint density at radius 2 is 2.17 bits per heavy atom. The Bertz CT molecular complexity index is 746. The Labute approximate surface area is 141 Å². The van der Waals surface area contributed by atoms with E-state index in [1.807, 2.05) is 4.90 Å². The quantitative estimate of drug-likeness (QED) is 0.791. The van der Waals surface area contributed by atoms with Gasteiger partial charge in [0.1, 0.15) is 0 Å². The van der Waals surface area contributed by atoms with Crippen molar-refractivity contribution in [2.45, 2.75) is 31.1 Å². The maximum Gasteiger partial charge on any atom is 0.417 e. The molecule has 0 saturated carbocycles. The molecular formula is C15H17F3N4OS. The van der Waals surface area contributed by atoms with E-state index < -0.39 is 11.7 Å². The summed E-state index contributed by atoms with van der Waals surface area (Å²) in [6.07, 6.45) is -1.36.